The van der Waals surface area contributed by atoms with Gasteiger partial charge in [0.1, 0.15) is 10.8 Å². The Balaban J connectivity index is 2.31. The molecule has 0 atom stereocenters. The molecule has 0 unspecified atom stereocenters. The molecule has 0 saturated heterocycles. The molecule has 0 aliphatic heterocycles. The standard InChI is InChI=1S/C15H17FN2S/c1-10-6-11(2)18-15(7-10)19-14-5-4-13(16)8-12(14)9-17-3/h4-8,17H,9H2,1-3H3. The third-order valence-corrected chi connectivity index (χ3v) is 3.72. The van der Waals surface area contributed by atoms with Crippen LogP contribution in [-0.2, 0) is 6.54 Å². The topological polar surface area (TPSA) is 24.9 Å². The van der Waals surface area contributed by atoms with Crippen LogP contribution in [0.5, 0.6) is 0 Å². The number of pyridine rings is 1. The molecule has 19 heavy (non-hydrogen) atoms. The molecule has 0 amide bonds. The molecule has 0 aliphatic carbocycles. The summed E-state index contributed by atoms with van der Waals surface area (Å²) in [6.45, 7) is 4.68. The third kappa shape index (κ3) is 3.78. The molecular weight excluding hydrogens is 259 g/mol. The van der Waals surface area contributed by atoms with Crippen molar-refractivity contribution in [3.05, 3.63) is 53.0 Å². The zero-order valence-electron chi connectivity index (χ0n) is 11.3. The van der Waals surface area contributed by atoms with E-state index in [1.807, 2.05) is 32.2 Å². The van der Waals surface area contributed by atoms with Crippen LogP contribution in [0.4, 0.5) is 4.39 Å². The van der Waals surface area contributed by atoms with Gasteiger partial charge in [0.25, 0.3) is 0 Å². The maximum atomic E-state index is 13.3. The Bertz CT molecular complexity index is 564. The van der Waals surface area contributed by atoms with E-state index in [2.05, 4.69) is 17.2 Å². The number of aryl methyl sites for hydroxylation is 2. The maximum Gasteiger partial charge on any atom is 0.123 e. The number of halogens is 1. The molecule has 4 heteroatoms. The molecule has 100 valence electrons. The van der Waals surface area contributed by atoms with E-state index in [9.17, 15) is 4.39 Å². The van der Waals surface area contributed by atoms with Gasteiger partial charge in [-0.05, 0) is 62.4 Å². The Labute approximate surface area is 117 Å². The van der Waals surface area contributed by atoms with Gasteiger partial charge in [-0.25, -0.2) is 9.37 Å². The van der Waals surface area contributed by atoms with Gasteiger partial charge in [-0.2, -0.15) is 0 Å². The van der Waals surface area contributed by atoms with Crippen LogP contribution < -0.4 is 5.32 Å². The van der Waals surface area contributed by atoms with Crippen molar-refractivity contribution in [3.63, 3.8) is 0 Å². The Morgan fingerprint density at radius 3 is 2.68 bits per heavy atom. The van der Waals surface area contributed by atoms with Crippen LogP contribution in [-0.4, -0.2) is 12.0 Å². The van der Waals surface area contributed by atoms with Crippen molar-refractivity contribution in [3.8, 4) is 0 Å². The summed E-state index contributed by atoms with van der Waals surface area (Å²) in [5, 5.41) is 4.01. The van der Waals surface area contributed by atoms with E-state index in [4.69, 9.17) is 0 Å². The summed E-state index contributed by atoms with van der Waals surface area (Å²) < 4.78 is 13.3. The molecule has 1 heterocycles. The fourth-order valence-electron chi connectivity index (χ4n) is 1.95. The van der Waals surface area contributed by atoms with E-state index < -0.39 is 0 Å². The first-order chi connectivity index (χ1) is 9.08. The van der Waals surface area contributed by atoms with Gasteiger partial charge in [-0.3, -0.25) is 0 Å². The molecule has 1 aromatic carbocycles. The van der Waals surface area contributed by atoms with Gasteiger partial charge in [0, 0.05) is 17.1 Å². The van der Waals surface area contributed by atoms with Gasteiger partial charge in [-0.1, -0.05) is 11.8 Å². The number of hydrogen-bond acceptors (Lipinski definition) is 3. The lowest BCUT2D eigenvalue weighted by Crippen LogP contribution is -2.06. The summed E-state index contributed by atoms with van der Waals surface area (Å²) in [4.78, 5) is 5.54. The van der Waals surface area contributed by atoms with Gasteiger partial charge in [0.05, 0.1) is 0 Å². The zero-order valence-corrected chi connectivity index (χ0v) is 12.1. The average Bonchev–Trinajstić information content (AvgIpc) is 2.32. The summed E-state index contributed by atoms with van der Waals surface area (Å²) >= 11 is 1.57. The Morgan fingerprint density at radius 1 is 1.21 bits per heavy atom. The van der Waals surface area contributed by atoms with Gasteiger partial charge >= 0.3 is 0 Å². The van der Waals surface area contributed by atoms with E-state index in [1.165, 1.54) is 11.6 Å². The minimum atomic E-state index is -0.206. The van der Waals surface area contributed by atoms with Crippen molar-refractivity contribution in [2.24, 2.45) is 0 Å². The molecular formula is C15H17FN2S. The fourth-order valence-corrected chi connectivity index (χ4v) is 3.00. The lowest BCUT2D eigenvalue weighted by molar-refractivity contribution is 0.621. The number of nitrogens with zero attached hydrogens (tertiary/aromatic N) is 1. The second-order valence-electron chi connectivity index (χ2n) is 4.51. The third-order valence-electron chi connectivity index (χ3n) is 2.68. The van der Waals surface area contributed by atoms with Crippen molar-refractivity contribution < 1.29 is 4.39 Å². The van der Waals surface area contributed by atoms with Crippen LogP contribution in [0.3, 0.4) is 0 Å². The highest BCUT2D eigenvalue weighted by molar-refractivity contribution is 7.99. The number of benzene rings is 1. The molecule has 2 nitrogen and oxygen atoms in total. The molecule has 0 fully saturated rings. The lowest BCUT2D eigenvalue weighted by atomic mass is 10.2. The highest BCUT2D eigenvalue weighted by atomic mass is 32.2. The zero-order chi connectivity index (χ0) is 13.8. The van der Waals surface area contributed by atoms with Crippen molar-refractivity contribution in [1.82, 2.24) is 10.3 Å². The lowest BCUT2D eigenvalue weighted by Gasteiger charge is -2.09. The van der Waals surface area contributed by atoms with E-state index >= 15 is 0 Å². The number of aromatic nitrogens is 1. The van der Waals surface area contributed by atoms with Gasteiger partial charge < -0.3 is 5.32 Å². The minimum Gasteiger partial charge on any atom is -0.316 e. The summed E-state index contributed by atoms with van der Waals surface area (Å²) in [6, 6.07) is 8.96. The first kappa shape index (κ1) is 14.0. The molecule has 0 radical (unpaired) electrons. The molecule has 1 aromatic heterocycles. The Morgan fingerprint density at radius 2 is 2.00 bits per heavy atom. The molecule has 0 spiro atoms. The van der Waals surface area contributed by atoms with Crippen molar-refractivity contribution >= 4 is 11.8 Å². The maximum absolute atomic E-state index is 13.3. The van der Waals surface area contributed by atoms with Gasteiger partial charge in [0.2, 0.25) is 0 Å². The Hall–Kier alpha value is -1.39. The largest absolute Gasteiger partial charge is 0.316 e. The van der Waals surface area contributed by atoms with E-state index in [-0.39, 0.29) is 5.82 Å². The molecule has 1 N–H and O–H groups in total. The number of nitrogens with one attached hydrogen (secondary N) is 1. The van der Waals surface area contributed by atoms with Crippen LogP contribution in [0.1, 0.15) is 16.8 Å². The highest BCUT2D eigenvalue weighted by Gasteiger charge is 2.07. The van der Waals surface area contributed by atoms with E-state index in [0.29, 0.717) is 6.54 Å². The molecule has 0 aliphatic rings. The SMILES string of the molecule is CNCc1cc(F)ccc1Sc1cc(C)cc(C)n1. The first-order valence-corrected chi connectivity index (χ1v) is 6.96. The summed E-state index contributed by atoms with van der Waals surface area (Å²) in [5.74, 6) is -0.206. The number of hydrogen-bond donors (Lipinski definition) is 1. The van der Waals surface area contributed by atoms with Crippen LogP contribution >= 0.6 is 11.8 Å². The van der Waals surface area contributed by atoms with Gasteiger partial charge in [0.15, 0.2) is 0 Å². The normalized spacial score (nSPS) is 10.7. The molecule has 2 rings (SSSR count). The predicted octanol–water partition coefficient (Wildman–Crippen LogP) is 3.71. The average molecular weight is 276 g/mol. The second kappa shape index (κ2) is 6.17. The summed E-state index contributed by atoms with van der Waals surface area (Å²) in [7, 11) is 1.86. The smallest absolute Gasteiger partial charge is 0.123 e. The predicted molar refractivity (Wildman–Crippen MR) is 77.0 cm³/mol. The van der Waals surface area contributed by atoms with Crippen LogP contribution in [0.15, 0.2) is 40.3 Å². The number of rotatable bonds is 4. The molecule has 0 saturated carbocycles. The van der Waals surface area contributed by atoms with E-state index in [1.54, 1.807) is 17.8 Å². The van der Waals surface area contributed by atoms with Crippen LogP contribution in [0.25, 0.3) is 0 Å². The van der Waals surface area contributed by atoms with Crippen LogP contribution in [0.2, 0.25) is 0 Å². The van der Waals surface area contributed by atoms with Crippen molar-refractivity contribution in [2.75, 3.05) is 7.05 Å². The second-order valence-corrected chi connectivity index (χ2v) is 5.57. The summed E-state index contributed by atoms with van der Waals surface area (Å²) in [6.07, 6.45) is 0. The molecule has 2 aromatic rings. The summed E-state index contributed by atoms with van der Waals surface area (Å²) in [5.41, 5.74) is 3.14. The van der Waals surface area contributed by atoms with Crippen molar-refractivity contribution in [1.29, 1.82) is 0 Å². The van der Waals surface area contributed by atoms with Crippen LogP contribution in [0, 0.1) is 19.7 Å². The molecule has 0 bridgehead atoms. The van der Waals surface area contributed by atoms with E-state index in [0.717, 1.165) is 21.2 Å². The van der Waals surface area contributed by atoms with Gasteiger partial charge in [-0.15, -0.1) is 0 Å². The fraction of sp³-hybridized carbons (Fsp3) is 0.267. The Kier molecular flexibility index (Phi) is 4.56. The monoisotopic (exact) mass is 276 g/mol. The highest BCUT2D eigenvalue weighted by Crippen LogP contribution is 2.30. The van der Waals surface area contributed by atoms with Crippen molar-refractivity contribution in [2.45, 2.75) is 30.3 Å². The quantitative estimate of drug-likeness (QED) is 0.921. The first-order valence-electron chi connectivity index (χ1n) is 6.14. The minimum absolute atomic E-state index is 0.206.